The summed E-state index contributed by atoms with van der Waals surface area (Å²) in [6, 6.07) is 18.1. The number of esters is 1. The van der Waals surface area contributed by atoms with Crippen LogP contribution in [0.2, 0.25) is 0 Å². The lowest BCUT2D eigenvalue weighted by Crippen LogP contribution is -2.16. The molecule has 0 aliphatic rings. The maximum atomic E-state index is 13.9. The molecule has 0 saturated carbocycles. The number of alkyl halides is 3. The van der Waals surface area contributed by atoms with Crippen LogP contribution in [-0.4, -0.2) is 22.6 Å². The number of methoxy groups -OCH3 is 1. The van der Waals surface area contributed by atoms with Gasteiger partial charge in [0.05, 0.1) is 18.5 Å². The minimum absolute atomic E-state index is 0.218. The number of benzene rings is 2. The van der Waals surface area contributed by atoms with Crippen LogP contribution in [0.15, 0.2) is 60.7 Å². The van der Waals surface area contributed by atoms with E-state index in [0.717, 1.165) is 25.7 Å². The van der Waals surface area contributed by atoms with E-state index in [0.29, 0.717) is 35.4 Å². The highest BCUT2D eigenvalue weighted by atomic mass is 19.4. The summed E-state index contributed by atoms with van der Waals surface area (Å²) < 4.78 is 47.7. The van der Waals surface area contributed by atoms with Gasteiger partial charge in [-0.3, -0.25) is 4.79 Å². The van der Waals surface area contributed by atoms with Gasteiger partial charge in [0.1, 0.15) is 0 Å². The second kappa shape index (κ2) is 11.0. The summed E-state index contributed by atoms with van der Waals surface area (Å²) in [6.07, 6.45) is -0.423. The molecule has 0 bridgehead atoms. The van der Waals surface area contributed by atoms with Crippen LogP contribution in [0.1, 0.15) is 44.3 Å². The van der Waals surface area contributed by atoms with E-state index >= 15 is 0 Å². The number of rotatable bonds is 10. The SMILES string of the molecule is COC(=O)CCCCCCCn1c(C(F)(F)F)nc(-c2ccccc2)c1-c1ccccc1. The number of nitrogens with zero attached hydrogens (tertiary/aromatic N) is 2. The van der Waals surface area contributed by atoms with E-state index in [1.54, 1.807) is 24.3 Å². The number of ether oxygens (including phenoxy) is 1. The fourth-order valence-electron chi connectivity index (χ4n) is 3.74. The third kappa shape index (κ3) is 5.99. The predicted octanol–water partition coefficient (Wildman–Crippen LogP) is 6.75. The molecule has 1 aromatic heterocycles. The molecular weight excluding hydrogens is 417 g/mol. The number of unbranched alkanes of at least 4 members (excludes halogenated alkanes) is 4. The summed E-state index contributed by atoms with van der Waals surface area (Å²) in [6.45, 7) is 0.218. The number of aromatic nitrogens is 2. The maximum Gasteiger partial charge on any atom is 0.449 e. The van der Waals surface area contributed by atoms with Crippen LogP contribution in [0.4, 0.5) is 13.2 Å². The summed E-state index contributed by atoms with van der Waals surface area (Å²) in [5.74, 6) is -1.11. The molecule has 3 rings (SSSR count). The zero-order valence-electron chi connectivity index (χ0n) is 18.1. The second-order valence-corrected chi connectivity index (χ2v) is 7.61. The first-order valence-electron chi connectivity index (χ1n) is 10.8. The van der Waals surface area contributed by atoms with Crippen molar-refractivity contribution in [1.29, 1.82) is 0 Å². The predicted molar refractivity (Wildman–Crippen MR) is 118 cm³/mol. The van der Waals surface area contributed by atoms with Crippen LogP contribution in [0.5, 0.6) is 0 Å². The summed E-state index contributed by atoms with van der Waals surface area (Å²) >= 11 is 0. The zero-order valence-corrected chi connectivity index (χ0v) is 18.1. The van der Waals surface area contributed by atoms with Crippen LogP contribution in [0.25, 0.3) is 22.5 Å². The average Bonchev–Trinajstić information content (AvgIpc) is 3.19. The van der Waals surface area contributed by atoms with E-state index in [-0.39, 0.29) is 12.5 Å². The fraction of sp³-hybridized carbons (Fsp3) is 0.360. The minimum Gasteiger partial charge on any atom is -0.469 e. The van der Waals surface area contributed by atoms with Crippen LogP contribution in [0, 0.1) is 0 Å². The molecule has 0 atom stereocenters. The number of imidazole rings is 1. The number of carbonyl (C=O) groups excluding carboxylic acids is 1. The summed E-state index contributed by atoms with van der Waals surface area (Å²) in [5, 5.41) is 0. The molecule has 0 aliphatic heterocycles. The largest absolute Gasteiger partial charge is 0.469 e. The standard InChI is InChI=1S/C25H27F3N2O2/c1-32-21(31)17-11-3-2-4-12-18-30-23(20-15-9-6-10-16-20)22(19-13-7-5-8-14-19)29-24(30)25(26,27)28/h5-10,13-16H,2-4,11-12,17-18H2,1H3. The first kappa shape index (κ1) is 23.6. The second-order valence-electron chi connectivity index (χ2n) is 7.61. The molecule has 0 aliphatic carbocycles. The molecule has 0 fully saturated rings. The Bertz CT molecular complexity index is 999. The van der Waals surface area contributed by atoms with Crippen LogP contribution >= 0.6 is 0 Å². The first-order valence-corrected chi connectivity index (χ1v) is 10.8. The molecular formula is C25H27F3N2O2. The van der Waals surface area contributed by atoms with Crippen molar-refractivity contribution >= 4 is 5.97 Å². The molecule has 0 radical (unpaired) electrons. The minimum atomic E-state index is -4.56. The van der Waals surface area contributed by atoms with Crippen LogP contribution < -0.4 is 0 Å². The lowest BCUT2D eigenvalue weighted by Gasteiger charge is -2.14. The van der Waals surface area contributed by atoms with Gasteiger partial charge in [-0.25, -0.2) is 4.98 Å². The highest BCUT2D eigenvalue weighted by Gasteiger charge is 2.39. The van der Waals surface area contributed by atoms with Crippen molar-refractivity contribution < 1.29 is 22.7 Å². The van der Waals surface area contributed by atoms with Gasteiger partial charge in [0, 0.05) is 24.1 Å². The van der Waals surface area contributed by atoms with Crippen molar-refractivity contribution in [2.45, 2.75) is 51.2 Å². The van der Waals surface area contributed by atoms with Crippen molar-refractivity contribution in [3.63, 3.8) is 0 Å². The lowest BCUT2D eigenvalue weighted by molar-refractivity contribution is -0.147. The lowest BCUT2D eigenvalue weighted by atomic mass is 10.0. The molecule has 0 amide bonds. The van der Waals surface area contributed by atoms with E-state index in [1.807, 2.05) is 36.4 Å². The van der Waals surface area contributed by atoms with Crippen molar-refractivity contribution in [2.75, 3.05) is 7.11 Å². The Kier molecular flexibility index (Phi) is 8.09. The van der Waals surface area contributed by atoms with E-state index in [1.165, 1.54) is 11.7 Å². The van der Waals surface area contributed by atoms with Crippen molar-refractivity contribution in [3.05, 3.63) is 66.5 Å². The van der Waals surface area contributed by atoms with E-state index < -0.39 is 12.0 Å². The van der Waals surface area contributed by atoms with Crippen molar-refractivity contribution in [1.82, 2.24) is 9.55 Å². The molecule has 1 heterocycles. The summed E-state index contributed by atoms with van der Waals surface area (Å²) in [7, 11) is 1.36. The van der Waals surface area contributed by atoms with Gasteiger partial charge in [-0.15, -0.1) is 0 Å². The van der Waals surface area contributed by atoms with E-state index in [4.69, 9.17) is 0 Å². The van der Waals surface area contributed by atoms with Crippen molar-refractivity contribution in [3.8, 4) is 22.5 Å². The van der Waals surface area contributed by atoms with Gasteiger partial charge >= 0.3 is 12.1 Å². The molecule has 0 spiro atoms. The highest BCUT2D eigenvalue weighted by Crippen LogP contribution is 2.38. The number of hydrogen-bond acceptors (Lipinski definition) is 3. The molecule has 4 nitrogen and oxygen atoms in total. The van der Waals surface area contributed by atoms with Gasteiger partial charge in [0.2, 0.25) is 5.82 Å². The van der Waals surface area contributed by atoms with Gasteiger partial charge in [0.15, 0.2) is 0 Å². The molecule has 0 unspecified atom stereocenters. The monoisotopic (exact) mass is 444 g/mol. The first-order chi connectivity index (χ1) is 15.4. The number of carbonyl (C=O) groups is 1. The average molecular weight is 444 g/mol. The summed E-state index contributed by atoms with van der Waals surface area (Å²) in [4.78, 5) is 15.2. The van der Waals surface area contributed by atoms with Crippen molar-refractivity contribution in [2.24, 2.45) is 0 Å². The van der Waals surface area contributed by atoms with Gasteiger partial charge in [-0.2, -0.15) is 13.2 Å². The number of hydrogen-bond donors (Lipinski definition) is 0. The third-order valence-electron chi connectivity index (χ3n) is 5.31. The molecule has 7 heteroatoms. The van der Waals surface area contributed by atoms with Gasteiger partial charge in [0.25, 0.3) is 0 Å². The van der Waals surface area contributed by atoms with Gasteiger partial charge in [-0.05, 0) is 12.8 Å². The Morgan fingerprint density at radius 1 is 0.875 bits per heavy atom. The Hall–Kier alpha value is -3.09. The Morgan fingerprint density at radius 3 is 2.03 bits per heavy atom. The third-order valence-corrected chi connectivity index (χ3v) is 5.31. The highest BCUT2D eigenvalue weighted by molar-refractivity contribution is 5.79. The molecule has 2 aromatic carbocycles. The number of halogens is 3. The normalized spacial score (nSPS) is 11.5. The van der Waals surface area contributed by atoms with Gasteiger partial charge < -0.3 is 9.30 Å². The zero-order chi connectivity index (χ0) is 23.0. The quantitative estimate of drug-likeness (QED) is 0.257. The molecule has 32 heavy (non-hydrogen) atoms. The topological polar surface area (TPSA) is 44.1 Å². The maximum absolute atomic E-state index is 13.9. The molecule has 0 saturated heterocycles. The Morgan fingerprint density at radius 2 is 1.44 bits per heavy atom. The van der Waals surface area contributed by atoms with E-state index in [9.17, 15) is 18.0 Å². The Labute approximate surface area is 186 Å². The van der Waals surface area contributed by atoms with Crippen LogP contribution in [0.3, 0.4) is 0 Å². The van der Waals surface area contributed by atoms with Gasteiger partial charge in [-0.1, -0.05) is 79.9 Å². The fourth-order valence-corrected chi connectivity index (χ4v) is 3.74. The molecule has 3 aromatic rings. The smallest absolute Gasteiger partial charge is 0.449 e. The van der Waals surface area contributed by atoms with Crippen LogP contribution in [-0.2, 0) is 22.3 Å². The molecule has 170 valence electrons. The molecule has 0 N–H and O–H groups in total. The Balaban J connectivity index is 1.85. The summed E-state index contributed by atoms with van der Waals surface area (Å²) in [5.41, 5.74) is 2.17. The van der Waals surface area contributed by atoms with E-state index in [2.05, 4.69) is 9.72 Å².